The van der Waals surface area contributed by atoms with Crippen LogP contribution in [-0.4, -0.2) is 12.1 Å². The Morgan fingerprint density at radius 1 is 1.29 bits per heavy atom. The molecule has 0 unspecified atom stereocenters. The van der Waals surface area contributed by atoms with E-state index >= 15 is 0 Å². The number of methoxy groups -OCH3 is 1. The van der Waals surface area contributed by atoms with Gasteiger partial charge in [0.25, 0.3) is 0 Å². The molecule has 0 amide bonds. The van der Waals surface area contributed by atoms with Gasteiger partial charge in [-0.2, -0.15) is 0 Å². The second kappa shape index (κ2) is 4.69. The van der Waals surface area contributed by atoms with Gasteiger partial charge in [0.2, 0.25) is 0 Å². The Morgan fingerprint density at radius 3 is 2.82 bits per heavy atom. The minimum absolute atomic E-state index is 0.180. The number of nitrogens with zero attached hydrogens (tertiary/aromatic N) is 1. The Hall–Kier alpha value is -2.30. The van der Waals surface area contributed by atoms with Gasteiger partial charge in [0.1, 0.15) is 5.82 Å². The van der Waals surface area contributed by atoms with Crippen LogP contribution in [0.4, 0.5) is 21.6 Å². The van der Waals surface area contributed by atoms with Gasteiger partial charge in [0.05, 0.1) is 7.11 Å². The number of hydrogen-bond donors (Lipinski definition) is 2. The van der Waals surface area contributed by atoms with Gasteiger partial charge >= 0.3 is 0 Å². The molecular weight excluding hydrogens is 221 g/mol. The first-order valence-corrected chi connectivity index (χ1v) is 5.01. The Bertz CT molecular complexity index is 531. The summed E-state index contributed by atoms with van der Waals surface area (Å²) in [5, 5.41) is 3.01. The van der Waals surface area contributed by atoms with Crippen LogP contribution in [0.25, 0.3) is 0 Å². The van der Waals surface area contributed by atoms with Crippen LogP contribution in [0.15, 0.2) is 36.5 Å². The number of benzene rings is 1. The van der Waals surface area contributed by atoms with Crippen LogP contribution in [0.3, 0.4) is 0 Å². The lowest BCUT2D eigenvalue weighted by Gasteiger charge is -2.08. The van der Waals surface area contributed by atoms with Crippen molar-refractivity contribution in [2.45, 2.75) is 0 Å². The van der Waals surface area contributed by atoms with E-state index < -0.39 is 5.82 Å². The SMILES string of the molecule is COc1cc(Nc2cc(N)ccn2)ccc1F. The molecule has 88 valence electrons. The van der Waals surface area contributed by atoms with E-state index in [1.807, 2.05) is 0 Å². The Morgan fingerprint density at radius 2 is 2.12 bits per heavy atom. The molecule has 0 saturated carbocycles. The molecule has 5 heteroatoms. The van der Waals surface area contributed by atoms with Gasteiger partial charge in [-0.05, 0) is 18.2 Å². The molecule has 2 rings (SSSR count). The summed E-state index contributed by atoms with van der Waals surface area (Å²) in [4.78, 5) is 4.09. The van der Waals surface area contributed by atoms with Crippen molar-refractivity contribution in [2.75, 3.05) is 18.2 Å². The topological polar surface area (TPSA) is 60.2 Å². The lowest BCUT2D eigenvalue weighted by Crippen LogP contribution is -1.96. The number of halogens is 1. The number of nitrogen functional groups attached to an aromatic ring is 1. The highest BCUT2D eigenvalue weighted by Crippen LogP contribution is 2.23. The van der Waals surface area contributed by atoms with Crippen molar-refractivity contribution in [3.8, 4) is 5.75 Å². The molecule has 1 heterocycles. The molecule has 0 radical (unpaired) electrons. The lowest BCUT2D eigenvalue weighted by atomic mass is 10.3. The van der Waals surface area contributed by atoms with Crippen LogP contribution in [-0.2, 0) is 0 Å². The number of aromatic nitrogens is 1. The van der Waals surface area contributed by atoms with Gasteiger partial charge < -0.3 is 15.8 Å². The molecule has 2 aromatic rings. The molecule has 0 aliphatic carbocycles. The summed E-state index contributed by atoms with van der Waals surface area (Å²) >= 11 is 0. The van der Waals surface area contributed by atoms with Crippen LogP contribution in [0, 0.1) is 5.82 Å². The zero-order valence-electron chi connectivity index (χ0n) is 9.27. The fourth-order valence-corrected chi connectivity index (χ4v) is 1.40. The highest BCUT2D eigenvalue weighted by molar-refractivity contribution is 5.61. The predicted octanol–water partition coefficient (Wildman–Crippen LogP) is 2.56. The average molecular weight is 233 g/mol. The summed E-state index contributed by atoms with van der Waals surface area (Å²) in [6, 6.07) is 7.86. The van der Waals surface area contributed by atoms with Crippen molar-refractivity contribution in [2.24, 2.45) is 0 Å². The molecule has 0 fully saturated rings. The Kier molecular flexibility index (Phi) is 3.09. The van der Waals surface area contributed by atoms with Crippen molar-refractivity contribution in [1.29, 1.82) is 0 Å². The maximum atomic E-state index is 13.2. The van der Waals surface area contributed by atoms with Gasteiger partial charge in [-0.1, -0.05) is 0 Å². The predicted molar refractivity (Wildman–Crippen MR) is 64.9 cm³/mol. The summed E-state index contributed by atoms with van der Waals surface area (Å²) in [6.45, 7) is 0. The van der Waals surface area contributed by atoms with Crippen LogP contribution in [0.1, 0.15) is 0 Å². The van der Waals surface area contributed by atoms with E-state index in [1.54, 1.807) is 30.5 Å². The molecular formula is C12H12FN3O. The van der Waals surface area contributed by atoms with E-state index in [9.17, 15) is 4.39 Å². The molecule has 1 aromatic carbocycles. The normalized spacial score (nSPS) is 10.0. The van der Waals surface area contributed by atoms with Crippen molar-refractivity contribution >= 4 is 17.2 Å². The van der Waals surface area contributed by atoms with Crippen molar-refractivity contribution in [3.05, 3.63) is 42.3 Å². The van der Waals surface area contributed by atoms with Crippen LogP contribution in [0.5, 0.6) is 5.75 Å². The smallest absolute Gasteiger partial charge is 0.165 e. The van der Waals surface area contributed by atoms with Gasteiger partial charge in [0, 0.05) is 29.7 Å². The van der Waals surface area contributed by atoms with Gasteiger partial charge in [-0.25, -0.2) is 9.37 Å². The lowest BCUT2D eigenvalue weighted by molar-refractivity contribution is 0.387. The highest BCUT2D eigenvalue weighted by Gasteiger charge is 2.04. The molecule has 1 aromatic heterocycles. The molecule has 0 saturated heterocycles. The Labute approximate surface area is 98.2 Å². The van der Waals surface area contributed by atoms with Crippen molar-refractivity contribution < 1.29 is 9.13 Å². The number of ether oxygens (including phenoxy) is 1. The van der Waals surface area contributed by atoms with Gasteiger partial charge in [-0.15, -0.1) is 0 Å². The molecule has 0 bridgehead atoms. The van der Waals surface area contributed by atoms with E-state index in [4.69, 9.17) is 10.5 Å². The summed E-state index contributed by atoms with van der Waals surface area (Å²) < 4.78 is 18.1. The standard InChI is InChI=1S/C12H12FN3O/c1-17-11-7-9(2-3-10(11)13)16-12-6-8(14)4-5-15-12/h2-7H,1H3,(H3,14,15,16). The number of pyridine rings is 1. The fourth-order valence-electron chi connectivity index (χ4n) is 1.40. The third-order valence-electron chi connectivity index (χ3n) is 2.21. The first kappa shape index (κ1) is 11.2. The zero-order chi connectivity index (χ0) is 12.3. The third kappa shape index (κ3) is 2.63. The zero-order valence-corrected chi connectivity index (χ0v) is 9.27. The molecule has 0 spiro atoms. The van der Waals surface area contributed by atoms with Gasteiger partial charge in [-0.3, -0.25) is 0 Å². The quantitative estimate of drug-likeness (QED) is 0.855. The van der Waals surface area contributed by atoms with Crippen molar-refractivity contribution in [1.82, 2.24) is 4.98 Å². The summed E-state index contributed by atoms with van der Waals surface area (Å²) in [5.74, 6) is 0.371. The maximum absolute atomic E-state index is 13.2. The Balaban J connectivity index is 2.24. The van der Waals surface area contributed by atoms with E-state index in [0.29, 0.717) is 17.2 Å². The number of anilines is 3. The fraction of sp³-hybridized carbons (Fsp3) is 0.0833. The van der Waals surface area contributed by atoms with E-state index in [1.165, 1.54) is 13.2 Å². The molecule has 0 aliphatic rings. The molecule has 0 aliphatic heterocycles. The van der Waals surface area contributed by atoms with E-state index in [0.717, 1.165) is 0 Å². The first-order chi connectivity index (χ1) is 8.19. The molecule has 4 nitrogen and oxygen atoms in total. The van der Waals surface area contributed by atoms with Crippen LogP contribution < -0.4 is 15.8 Å². The maximum Gasteiger partial charge on any atom is 0.165 e. The number of rotatable bonds is 3. The summed E-state index contributed by atoms with van der Waals surface area (Å²) in [5.41, 5.74) is 6.92. The monoisotopic (exact) mass is 233 g/mol. The molecule has 17 heavy (non-hydrogen) atoms. The van der Waals surface area contributed by atoms with Crippen LogP contribution in [0.2, 0.25) is 0 Å². The van der Waals surface area contributed by atoms with Gasteiger partial charge in [0.15, 0.2) is 11.6 Å². The molecule has 0 atom stereocenters. The van der Waals surface area contributed by atoms with E-state index in [2.05, 4.69) is 10.3 Å². The summed E-state index contributed by atoms with van der Waals surface area (Å²) in [6.07, 6.45) is 1.60. The van der Waals surface area contributed by atoms with Crippen molar-refractivity contribution in [3.63, 3.8) is 0 Å². The summed E-state index contributed by atoms with van der Waals surface area (Å²) in [7, 11) is 1.42. The largest absolute Gasteiger partial charge is 0.494 e. The molecule has 3 N–H and O–H groups in total. The minimum atomic E-state index is -0.404. The number of nitrogens with two attached hydrogens (primary N) is 1. The average Bonchev–Trinajstić information content (AvgIpc) is 2.32. The van der Waals surface area contributed by atoms with Crippen LogP contribution >= 0.6 is 0 Å². The second-order valence-corrected chi connectivity index (χ2v) is 3.45. The van der Waals surface area contributed by atoms with E-state index in [-0.39, 0.29) is 5.75 Å². The number of hydrogen-bond acceptors (Lipinski definition) is 4. The second-order valence-electron chi connectivity index (χ2n) is 3.45. The highest BCUT2D eigenvalue weighted by atomic mass is 19.1. The number of nitrogens with one attached hydrogen (secondary N) is 1. The first-order valence-electron chi connectivity index (χ1n) is 5.01. The minimum Gasteiger partial charge on any atom is -0.494 e. The third-order valence-corrected chi connectivity index (χ3v) is 2.21.